The molecule has 2 aliphatic rings. The van der Waals surface area contributed by atoms with Crippen molar-refractivity contribution < 1.29 is 28.3 Å². The molecule has 1 aromatic carbocycles. The minimum atomic E-state index is -0.712. The number of carbonyl (C=O) groups excluding carboxylic acids is 2. The fraction of sp³-hybridized carbons (Fsp3) is 0.368. The highest BCUT2D eigenvalue weighted by atomic mass is 19.1. The molecule has 0 bridgehead atoms. The Kier molecular flexibility index (Phi) is 6.05. The lowest BCUT2D eigenvalue weighted by Gasteiger charge is -2.26. The Morgan fingerprint density at radius 1 is 1.36 bits per heavy atom. The van der Waals surface area contributed by atoms with Crippen LogP contribution in [0.5, 0.6) is 0 Å². The third-order valence-electron chi connectivity index (χ3n) is 4.60. The Morgan fingerprint density at radius 2 is 2.07 bits per heavy atom. The maximum absolute atomic E-state index is 14.7. The normalized spacial score (nSPS) is 19.0. The number of hydrogen-bond acceptors (Lipinski definition) is 5. The summed E-state index contributed by atoms with van der Waals surface area (Å²) in [4.78, 5) is 29.1. The molecule has 0 radical (unpaired) electrons. The third kappa shape index (κ3) is 4.37. The first kappa shape index (κ1) is 20.0. The highest BCUT2D eigenvalue weighted by molar-refractivity contribution is 5.79. The van der Waals surface area contributed by atoms with Gasteiger partial charge >= 0.3 is 0 Å². The van der Waals surface area contributed by atoms with Crippen LogP contribution in [0.1, 0.15) is 24.5 Å². The average molecular weight is 393 g/mol. The summed E-state index contributed by atoms with van der Waals surface area (Å²) in [6.07, 6.45) is 3.09. The molecule has 7 nitrogen and oxygen atoms in total. The van der Waals surface area contributed by atoms with E-state index in [1.165, 1.54) is 24.0 Å². The molecule has 3 rings (SSSR count). The van der Waals surface area contributed by atoms with E-state index in [0.717, 1.165) is 0 Å². The zero-order valence-corrected chi connectivity index (χ0v) is 15.3. The monoisotopic (exact) mass is 393 g/mol. The number of amides is 2. The van der Waals surface area contributed by atoms with E-state index in [9.17, 15) is 18.4 Å². The van der Waals surface area contributed by atoms with Crippen LogP contribution in [0, 0.1) is 11.6 Å². The van der Waals surface area contributed by atoms with Crippen molar-refractivity contribution in [1.82, 2.24) is 15.7 Å². The molecular formula is C19H21F2N3O4. The fourth-order valence-electron chi connectivity index (χ4n) is 3.15. The number of halogens is 2. The van der Waals surface area contributed by atoms with Crippen LogP contribution < -0.4 is 10.8 Å². The number of nitrogens with zero attached hydrogens (tertiary/aromatic N) is 1. The summed E-state index contributed by atoms with van der Waals surface area (Å²) in [5, 5.41) is 11.5. The number of rotatable bonds is 5. The van der Waals surface area contributed by atoms with Crippen LogP contribution in [0.25, 0.3) is 11.3 Å². The highest BCUT2D eigenvalue weighted by Gasteiger charge is 2.24. The molecule has 0 saturated heterocycles. The lowest BCUT2D eigenvalue weighted by Crippen LogP contribution is -2.36. The maximum Gasteiger partial charge on any atom is 0.248 e. The minimum absolute atomic E-state index is 0.117. The lowest BCUT2D eigenvalue weighted by molar-refractivity contribution is -0.133. The van der Waals surface area contributed by atoms with Crippen LogP contribution in [0.3, 0.4) is 0 Å². The van der Waals surface area contributed by atoms with Gasteiger partial charge in [-0.25, -0.2) is 8.78 Å². The second kappa shape index (κ2) is 8.49. The SMILES string of the molecule is CC(=O)NCC1C=C(c2cc(F)c(C3=CCN(C(=O)CO)CC3)c(F)c2)NO1. The molecule has 2 aliphatic heterocycles. The van der Waals surface area contributed by atoms with Gasteiger partial charge in [0.05, 0.1) is 12.2 Å². The Balaban J connectivity index is 1.77. The van der Waals surface area contributed by atoms with Crippen LogP contribution in [-0.4, -0.2) is 54.2 Å². The number of hydroxylamine groups is 1. The number of nitrogens with one attached hydrogen (secondary N) is 2. The van der Waals surface area contributed by atoms with Gasteiger partial charge in [-0.2, -0.15) is 0 Å². The smallest absolute Gasteiger partial charge is 0.248 e. The summed E-state index contributed by atoms with van der Waals surface area (Å²) in [5.74, 6) is -2.04. The van der Waals surface area contributed by atoms with Crippen molar-refractivity contribution in [3.05, 3.63) is 47.0 Å². The predicted octanol–water partition coefficient (Wildman–Crippen LogP) is 0.953. The molecule has 1 unspecified atom stereocenters. The van der Waals surface area contributed by atoms with Gasteiger partial charge in [-0.15, -0.1) is 0 Å². The van der Waals surface area contributed by atoms with Gasteiger partial charge in [-0.3, -0.25) is 19.9 Å². The van der Waals surface area contributed by atoms with Crippen molar-refractivity contribution in [3.63, 3.8) is 0 Å². The average Bonchev–Trinajstić information content (AvgIpc) is 3.15. The summed E-state index contributed by atoms with van der Waals surface area (Å²) < 4.78 is 29.3. The van der Waals surface area contributed by atoms with Crippen molar-refractivity contribution in [2.24, 2.45) is 0 Å². The highest BCUT2D eigenvalue weighted by Crippen LogP contribution is 2.30. The van der Waals surface area contributed by atoms with Crippen molar-refractivity contribution in [2.75, 3.05) is 26.2 Å². The molecular weight excluding hydrogens is 372 g/mol. The second-order valence-electron chi connectivity index (χ2n) is 6.57. The van der Waals surface area contributed by atoms with Gasteiger partial charge in [-0.05, 0) is 30.2 Å². The molecule has 0 spiro atoms. The van der Waals surface area contributed by atoms with E-state index < -0.39 is 30.3 Å². The molecule has 0 fully saturated rings. The number of benzene rings is 1. The largest absolute Gasteiger partial charge is 0.387 e. The van der Waals surface area contributed by atoms with E-state index in [0.29, 0.717) is 17.7 Å². The van der Waals surface area contributed by atoms with Gasteiger partial charge in [0.25, 0.3) is 0 Å². The molecule has 9 heteroatoms. The zero-order valence-electron chi connectivity index (χ0n) is 15.3. The van der Waals surface area contributed by atoms with Gasteiger partial charge in [0, 0.05) is 31.1 Å². The summed E-state index contributed by atoms with van der Waals surface area (Å²) in [7, 11) is 0. The maximum atomic E-state index is 14.7. The Hall–Kier alpha value is -2.78. The van der Waals surface area contributed by atoms with E-state index in [1.54, 1.807) is 12.2 Å². The van der Waals surface area contributed by atoms with Crippen molar-refractivity contribution >= 4 is 23.1 Å². The van der Waals surface area contributed by atoms with Gasteiger partial charge in [0.2, 0.25) is 11.8 Å². The molecule has 0 aliphatic carbocycles. The number of hydrogen-bond donors (Lipinski definition) is 3. The van der Waals surface area contributed by atoms with Crippen LogP contribution in [0.4, 0.5) is 8.78 Å². The molecule has 1 atom stereocenters. The van der Waals surface area contributed by atoms with E-state index in [-0.39, 0.29) is 36.7 Å². The molecule has 0 aromatic heterocycles. The van der Waals surface area contributed by atoms with Crippen molar-refractivity contribution in [2.45, 2.75) is 19.4 Å². The van der Waals surface area contributed by atoms with E-state index in [1.807, 2.05) is 0 Å². The zero-order chi connectivity index (χ0) is 20.3. The van der Waals surface area contributed by atoms with Gasteiger partial charge in [0.1, 0.15) is 24.3 Å². The first-order chi connectivity index (χ1) is 13.4. The third-order valence-corrected chi connectivity index (χ3v) is 4.60. The van der Waals surface area contributed by atoms with Crippen molar-refractivity contribution in [1.29, 1.82) is 0 Å². The van der Waals surface area contributed by atoms with Gasteiger partial charge in [0.15, 0.2) is 0 Å². The van der Waals surface area contributed by atoms with E-state index in [2.05, 4.69) is 10.8 Å². The Bertz CT molecular complexity index is 831. The topological polar surface area (TPSA) is 90.9 Å². The quantitative estimate of drug-likeness (QED) is 0.693. The van der Waals surface area contributed by atoms with Crippen LogP contribution >= 0.6 is 0 Å². The Labute approximate surface area is 160 Å². The van der Waals surface area contributed by atoms with Crippen LogP contribution in [-0.2, 0) is 14.4 Å². The standard InChI is InChI=1S/C19H21F2N3O4/c1-11(26)22-9-14-8-17(23-28-14)13-6-15(20)19(16(21)7-13)12-2-4-24(5-3-12)18(27)10-25/h2,6-8,14,23,25H,3-5,9-10H2,1H3,(H,22,26). The summed E-state index contributed by atoms with van der Waals surface area (Å²) in [5.41, 5.74) is 3.69. The first-order valence-corrected chi connectivity index (χ1v) is 8.84. The predicted molar refractivity (Wildman–Crippen MR) is 97.3 cm³/mol. The van der Waals surface area contributed by atoms with Crippen LogP contribution in [0.15, 0.2) is 24.3 Å². The van der Waals surface area contributed by atoms with Crippen molar-refractivity contribution in [3.8, 4) is 0 Å². The van der Waals surface area contributed by atoms with Gasteiger partial charge < -0.3 is 15.3 Å². The molecule has 150 valence electrons. The number of aliphatic hydroxyl groups excluding tert-OH is 1. The number of carbonyl (C=O) groups is 2. The minimum Gasteiger partial charge on any atom is -0.387 e. The summed E-state index contributed by atoms with van der Waals surface area (Å²) in [6, 6.07) is 2.43. The first-order valence-electron chi connectivity index (χ1n) is 8.84. The van der Waals surface area contributed by atoms with Gasteiger partial charge in [-0.1, -0.05) is 6.08 Å². The fourth-order valence-corrected chi connectivity index (χ4v) is 3.15. The molecule has 2 amide bonds. The second-order valence-corrected chi connectivity index (χ2v) is 6.57. The molecule has 2 heterocycles. The van der Waals surface area contributed by atoms with E-state index in [4.69, 9.17) is 9.94 Å². The molecule has 3 N–H and O–H groups in total. The molecule has 0 saturated carbocycles. The molecule has 28 heavy (non-hydrogen) atoms. The van der Waals surface area contributed by atoms with Crippen LogP contribution in [0.2, 0.25) is 0 Å². The summed E-state index contributed by atoms with van der Waals surface area (Å²) >= 11 is 0. The molecule has 1 aromatic rings. The Morgan fingerprint density at radius 3 is 2.64 bits per heavy atom. The number of aliphatic hydroxyl groups is 1. The van der Waals surface area contributed by atoms with E-state index >= 15 is 0 Å². The summed E-state index contributed by atoms with van der Waals surface area (Å²) in [6.45, 7) is 1.52. The lowest BCUT2D eigenvalue weighted by atomic mass is 9.96.